The number of aliphatic carboxylic acids is 2. The minimum Gasteiger partial charge on any atom is -0.491 e. The zero-order valence-corrected chi connectivity index (χ0v) is 17.4. The molecule has 0 aliphatic rings. The molecule has 0 fully saturated rings. The SMILES string of the molecule is CC(C)OCCCNCC(O)COCCOc1ccc(Cl)cc1.O=C(O)C(=O)O. The first-order valence-corrected chi connectivity index (χ1v) is 9.52. The number of carboxylic acid groups (broad SMARTS) is 2. The van der Waals surface area contributed by atoms with Gasteiger partial charge in [0.1, 0.15) is 12.4 Å². The Balaban J connectivity index is 0.00000113. The van der Waals surface area contributed by atoms with Crippen LogP contribution in [0.15, 0.2) is 24.3 Å². The summed E-state index contributed by atoms with van der Waals surface area (Å²) < 4.78 is 16.3. The second kappa shape index (κ2) is 17.0. The first-order chi connectivity index (χ1) is 13.7. The highest BCUT2D eigenvalue weighted by molar-refractivity contribution is 6.30. The molecule has 0 aromatic heterocycles. The van der Waals surface area contributed by atoms with E-state index in [1.165, 1.54) is 0 Å². The number of aliphatic hydroxyl groups excluding tert-OH is 1. The Morgan fingerprint density at radius 1 is 1.07 bits per heavy atom. The van der Waals surface area contributed by atoms with Crippen molar-refractivity contribution in [3.63, 3.8) is 0 Å². The van der Waals surface area contributed by atoms with Gasteiger partial charge in [-0.15, -0.1) is 0 Å². The predicted octanol–water partition coefficient (Wildman–Crippen LogP) is 1.66. The van der Waals surface area contributed by atoms with Gasteiger partial charge in [-0.2, -0.15) is 0 Å². The Morgan fingerprint density at radius 3 is 2.24 bits per heavy atom. The van der Waals surface area contributed by atoms with Gasteiger partial charge in [0.05, 0.1) is 25.4 Å². The molecular weight excluding hydrogens is 406 g/mol. The highest BCUT2D eigenvalue weighted by atomic mass is 35.5. The third-order valence-electron chi connectivity index (χ3n) is 3.13. The standard InChI is InChI=1S/C17H28ClNO4.C2H2O4/c1-14(2)22-9-3-8-19-12-16(20)13-21-10-11-23-17-6-4-15(18)5-7-17;3-1(4)2(5)6/h4-7,14,16,19-20H,3,8-13H2,1-2H3;(H,3,4)(H,5,6). The summed E-state index contributed by atoms with van der Waals surface area (Å²) >= 11 is 5.79. The lowest BCUT2D eigenvalue weighted by molar-refractivity contribution is -0.159. The van der Waals surface area contributed by atoms with Crippen LogP contribution >= 0.6 is 11.6 Å². The van der Waals surface area contributed by atoms with Gasteiger partial charge in [0.15, 0.2) is 0 Å². The maximum absolute atomic E-state index is 9.77. The van der Waals surface area contributed by atoms with Crippen molar-refractivity contribution >= 4 is 23.5 Å². The monoisotopic (exact) mass is 435 g/mol. The number of halogens is 1. The van der Waals surface area contributed by atoms with Crippen LogP contribution in [0.1, 0.15) is 20.3 Å². The minimum atomic E-state index is -1.82. The van der Waals surface area contributed by atoms with Crippen LogP contribution in [0.2, 0.25) is 5.02 Å². The number of aliphatic hydroxyl groups is 1. The number of carboxylic acids is 2. The summed E-state index contributed by atoms with van der Waals surface area (Å²) in [6.45, 7) is 7.27. The molecule has 1 atom stereocenters. The van der Waals surface area contributed by atoms with Crippen molar-refractivity contribution in [1.29, 1.82) is 0 Å². The highest BCUT2D eigenvalue weighted by Gasteiger charge is 2.04. The van der Waals surface area contributed by atoms with Gasteiger partial charge in [0, 0.05) is 18.2 Å². The molecule has 10 heteroatoms. The summed E-state index contributed by atoms with van der Waals surface area (Å²) in [6.07, 6.45) is 0.682. The molecule has 0 heterocycles. The third-order valence-corrected chi connectivity index (χ3v) is 3.38. The molecule has 0 spiro atoms. The lowest BCUT2D eigenvalue weighted by Crippen LogP contribution is -2.32. The Morgan fingerprint density at radius 2 is 1.69 bits per heavy atom. The van der Waals surface area contributed by atoms with E-state index in [2.05, 4.69) is 5.32 Å². The molecule has 166 valence electrons. The zero-order chi connectivity index (χ0) is 22.1. The van der Waals surface area contributed by atoms with E-state index in [1.54, 1.807) is 12.1 Å². The minimum absolute atomic E-state index is 0.268. The van der Waals surface area contributed by atoms with Gasteiger partial charge in [-0.3, -0.25) is 0 Å². The van der Waals surface area contributed by atoms with Crippen LogP contribution < -0.4 is 10.1 Å². The number of carbonyl (C=O) groups is 2. The van der Waals surface area contributed by atoms with Gasteiger partial charge in [-0.1, -0.05) is 11.6 Å². The van der Waals surface area contributed by atoms with Crippen molar-refractivity contribution in [2.75, 3.05) is 39.5 Å². The molecule has 4 N–H and O–H groups in total. The van der Waals surface area contributed by atoms with Crippen molar-refractivity contribution in [3.05, 3.63) is 29.3 Å². The molecule has 0 radical (unpaired) electrons. The number of rotatable bonds is 13. The van der Waals surface area contributed by atoms with E-state index in [9.17, 15) is 5.11 Å². The van der Waals surface area contributed by atoms with Crippen molar-refractivity contribution in [3.8, 4) is 5.75 Å². The molecular formula is C19H30ClNO8. The fourth-order valence-corrected chi connectivity index (χ4v) is 1.94. The van der Waals surface area contributed by atoms with Crippen molar-refractivity contribution in [2.24, 2.45) is 0 Å². The van der Waals surface area contributed by atoms with Crippen LogP contribution in [0.5, 0.6) is 5.75 Å². The Hall–Kier alpha value is -1.91. The molecule has 1 aromatic rings. The maximum atomic E-state index is 9.77. The molecule has 1 aromatic carbocycles. The van der Waals surface area contributed by atoms with Gasteiger partial charge >= 0.3 is 11.9 Å². The molecule has 29 heavy (non-hydrogen) atoms. The summed E-state index contributed by atoms with van der Waals surface area (Å²) in [6, 6.07) is 7.17. The highest BCUT2D eigenvalue weighted by Crippen LogP contribution is 2.15. The van der Waals surface area contributed by atoms with E-state index in [1.807, 2.05) is 26.0 Å². The Labute approximate surface area is 175 Å². The normalized spacial score (nSPS) is 11.5. The first-order valence-electron chi connectivity index (χ1n) is 9.15. The largest absolute Gasteiger partial charge is 0.491 e. The lowest BCUT2D eigenvalue weighted by atomic mass is 10.3. The molecule has 0 bridgehead atoms. The number of ether oxygens (including phenoxy) is 3. The summed E-state index contributed by atoms with van der Waals surface area (Å²) in [7, 11) is 0. The van der Waals surface area contributed by atoms with Crippen LogP contribution in [-0.2, 0) is 19.1 Å². The quantitative estimate of drug-likeness (QED) is 0.269. The molecule has 9 nitrogen and oxygen atoms in total. The number of nitrogens with one attached hydrogen (secondary N) is 1. The molecule has 0 saturated carbocycles. The van der Waals surface area contributed by atoms with E-state index in [0.29, 0.717) is 31.4 Å². The summed E-state index contributed by atoms with van der Waals surface area (Å²) in [5.41, 5.74) is 0. The second-order valence-corrected chi connectivity index (χ2v) is 6.56. The fraction of sp³-hybridized carbons (Fsp3) is 0.579. The van der Waals surface area contributed by atoms with Gasteiger partial charge < -0.3 is 34.8 Å². The van der Waals surface area contributed by atoms with E-state index < -0.39 is 18.0 Å². The zero-order valence-electron chi connectivity index (χ0n) is 16.7. The average Bonchev–Trinajstić information content (AvgIpc) is 2.66. The maximum Gasteiger partial charge on any atom is 0.414 e. The number of hydrogen-bond donors (Lipinski definition) is 4. The van der Waals surface area contributed by atoms with E-state index >= 15 is 0 Å². The molecule has 1 unspecified atom stereocenters. The predicted molar refractivity (Wildman–Crippen MR) is 108 cm³/mol. The topological polar surface area (TPSA) is 135 Å². The van der Waals surface area contributed by atoms with Crippen molar-refractivity contribution in [1.82, 2.24) is 5.32 Å². The smallest absolute Gasteiger partial charge is 0.414 e. The van der Waals surface area contributed by atoms with Gasteiger partial charge in [-0.25, -0.2) is 9.59 Å². The molecule has 0 aliphatic heterocycles. The fourth-order valence-electron chi connectivity index (χ4n) is 1.81. The van der Waals surface area contributed by atoms with Crippen molar-refractivity contribution in [2.45, 2.75) is 32.5 Å². The second-order valence-electron chi connectivity index (χ2n) is 6.12. The Kier molecular flexibility index (Phi) is 15.9. The number of benzene rings is 1. The van der Waals surface area contributed by atoms with Gasteiger partial charge in [0.25, 0.3) is 0 Å². The first kappa shape index (κ1) is 27.1. The van der Waals surface area contributed by atoms with Crippen LogP contribution in [0.3, 0.4) is 0 Å². The van der Waals surface area contributed by atoms with Gasteiger partial charge in [0.2, 0.25) is 0 Å². The third kappa shape index (κ3) is 17.9. The van der Waals surface area contributed by atoms with Crippen molar-refractivity contribution < 1.29 is 39.1 Å². The summed E-state index contributed by atoms with van der Waals surface area (Å²) in [4.78, 5) is 18.2. The van der Waals surface area contributed by atoms with Crippen LogP contribution in [-0.4, -0.2) is 79.0 Å². The Bertz CT molecular complexity index is 556. The van der Waals surface area contributed by atoms with Gasteiger partial charge in [-0.05, 0) is 51.1 Å². The molecule has 0 saturated heterocycles. The molecule has 0 amide bonds. The lowest BCUT2D eigenvalue weighted by Gasteiger charge is -2.13. The van der Waals surface area contributed by atoms with E-state index in [4.69, 9.17) is 45.6 Å². The van der Waals surface area contributed by atoms with E-state index in [-0.39, 0.29) is 6.10 Å². The molecule has 1 rings (SSSR count). The summed E-state index contributed by atoms with van der Waals surface area (Å²) in [5.74, 6) is -2.89. The summed E-state index contributed by atoms with van der Waals surface area (Å²) in [5, 5.41) is 28.4. The molecule has 0 aliphatic carbocycles. The van der Waals surface area contributed by atoms with Crippen LogP contribution in [0.4, 0.5) is 0 Å². The van der Waals surface area contributed by atoms with Crippen LogP contribution in [0, 0.1) is 0 Å². The van der Waals surface area contributed by atoms with E-state index in [0.717, 1.165) is 25.3 Å². The number of hydrogen-bond acceptors (Lipinski definition) is 7. The average molecular weight is 436 g/mol. The van der Waals surface area contributed by atoms with Crippen LogP contribution in [0.25, 0.3) is 0 Å².